The number of hydrogen-bond acceptors (Lipinski definition) is 1. The van der Waals surface area contributed by atoms with E-state index in [-0.39, 0.29) is 0 Å². The van der Waals surface area contributed by atoms with Crippen molar-refractivity contribution >= 4 is 0 Å². The van der Waals surface area contributed by atoms with Crippen molar-refractivity contribution in [1.29, 1.82) is 0 Å². The molecule has 1 nitrogen and oxygen atoms in total. The van der Waals surface area contributed by atoms with Crippen molar-refractivity contribution in [3.05, 3.63) is 11.1 Å². The molecule has 0 spiro atoms. The lowest BCUT2D eigenvalue weighted by Crippen LogP contribution is -2.25. The summed E-state index contributed by atoms with van der Waals surface area (Å²) in [6.07, 6.45) is 1.59. The molecule has 0 amide bonds. The molecule has 11 heavy (non-hydrogen) atoms. The summed E-state index contributed by atoms with van der Waals surface area (Å²) in [7, 11) is 0. The summed E-state index contributed by atoms with van der Waals surface area (Å²) in [5, 5.41) is 0. The summed E-state index contributed by atoms with van der Waals surface area (Å²) in [4.78, 5) is 0. The Morgan fingerprint density at radius 2 is 1.91 bits per heavy atom. The van der Waals surface area contributed by atoms with E-state index in [0.717, 1.165) is 13.0 Å². The van der Waals surface area contributed by atoms with Crippen LogP contribution in [0.25, 0.3) is 0 Å². The largest absolute Gasteiger partial charge is 0.373 e. The molecular weight excluding hydrogens is 136 g/mol. The number of hydrogen-bond donors (Lipinski definition) is 0. The highest BCUT2D eigenvalue weighted by molar-refractivity contribution is 5.13. The van der Waals surface area contributed by atoms with Crippen LogP contribution in [0.5, 0.6) is 0 Å². The Labute approximate surface area is 69.4 Å². The average Bonchev–Trinajstić information content (AvgIpc) is 1.94. The first-order valence-electron chi connectivity index (χ1n) is 4.38. The van der Waals surface area contributed by atoms with E-state index in [0.29, 0.717) is 12.0 Å². The normalized spacial score (nSPS) is 26.5. The smallest absolute Gasteiger partial charge is 0.0680 e. The molecule has 0 saturated heterocycles. The predicted molar refractivity (Wildman–Crippen MR) is 47.6 cm³/mol. The van der Waals surface area contributed by atoms with Gasteiger partial charge in [-0.2, -0.15) is 0 Å². The van der Waals surface area contributed by atoms with Gasteiger partial charge in [0.05, 0.1) is 12.7 Å². The monoisotopic (exact) mass is 154 g/mol. The summed E-state index contributed by atoms with van der Waals surface area (Å²) in [5.74, 6) is 0.651. The van der Waals surface area contributed by atoms with Gasteiger partial charge in [0.1, 0.15) is 0 Å². The summed E-state index contributed by atoms with van der Waals surface area (Å²) in [6.45, 7) is 9.66. The molecule has 1 heterocycles. The van der Waals surface area contributed by atoms with E-state index in [1.165, 1.54) is 11.1 Å². The minimum atomic E-state index is 0.457. The molecule has 0 aliphatic carbocycles. The van der Waals surface area contributed by atoms with Crippen LogP contribution < -0.4 is 0 Å². The average molecular weight is 154 g/mol. The zero-order chi connectivity index (χ0) is 8.43. The van der Waals surface area contributed by atoms with Gasteiger partial charge in [-0.25, -0.2) is 0 Å². The zero-order valence-electron chi connectivity index (χ0n) is 7.98. The van der Waals surface area contributed by atoms with E-state index in [1.54, 1.807) is 0 Å². The molecule has 0 bridgehead atoms. The highest BCUT2D eigenvalue weighted by atomic mass is 16.5. The third kappa shape index (κ3) is 2.06. The molecule has 0 aromatic carbocycles. The van der Waals surface area contributed by atoms with Crippen LogP contribution in [-0.2, 0) is 4.74 Å². The molecule has 0 aromatic heterocycles. The van der Waals surface area contributed by atoms with Gasteiger partial charge in [0, 0.05) is 0 Å². The molecular formula is C10H18O. The van der Waals surface area contributed by atoms with Crippen molar-refractivity contribution < 1.29 is 4.74 Å². The Morgan fingerprint density at radius 3 is 2.36 bits per heavy atom. The third-order valence-corrected chi connectivity index (χ3v) is 2.49. The van der Waals surface area contributed by atoms with Gasteiger partial charge >= 0.3 is 0 Å². The molecule has 1 atom stereocenters. The van der Waals surface area contributed by atoms with Crippen molar-refractivity contribution in [2.24, 2.45) is 5.92 Å². The van der Waals surface area contributed by atoms with E-state index in [9.17, 15) is 0 Å². The van der Waals surface area contributed by atoms with Gasteiger partial charge in [0.15, 0.2) is 0 Å². The molecule has 1 heteroatoms. The fourth-order valence-electron chi connectivity index (χ4n) is 1.32. The summed E-state index contributed by atoms with van der Waals surface area (Å²) >= 11 is 0. The van der Waals surface area contributed by atoms with Gasteiger partial charge in [-0.05, 0) is 31.8 Å². The van der Waals surface area contributed by atoms with Gasteiger partial charge in [-0.15, -0.1) is 0 Å². The van der Waals surface area contributed by atoms with Gasteiger partial charge in [-0.1, -0.05) is 19.4 Å². The van der Waals surface area contributed by atoms with Crippen LogP contribution in [-0.4, -0.2) is 12.7 Å². The van der Waals surface area contributed by atoms with Gasteiger partial charge in [0.25, 0.3) is 0 Å². The lowest BCUT2D eigenvalue weighted by atomic mass is 9.95. The van der Waals surface area contributed by atoms with E-state index >= 15 is 0 Å². The topological polar surface area (TPSA) is 9.23 Å². The molecule has 1 rings (SSSR count). The molecule has 1 aliphatic heterocycles. The molecule has 0 aromatic rings. The standard InChI is InChI=1S/C10H18O/c1-7(2)10-5-8(3)9(4)6-11-10/h7,10H,5-6H2,1-4H3/t10-/m1/s1. The maximum absolute atomic E-state index is 5.66. The van der Waals surface area contributed by atoms with Gasteiger partial charge < -0.3 is 4.74 Å². The molecule has 0 saturated carbocycles. The molecule has 0 N–H and O–H groups in total. The molecule has 0 unspecified atom stereocenters. The van der Waals surface area contributed by atoms with Crippen molar-refractivity contribution in [3.63, 3.8) is 0 Å². The van der Waals surface area contributed by atoms with Crippen molar-refractivity contribution in [1.82, 2.24) is 0 Å². The second kappa shape index (κ2) is 3.40. The minimum absolute atomic E-state index is 0.457. The van der Waals surface area contributed by atoms with E-state index < -0.39 is 0 Å². The Hall–Kier alpha value is -0.300. The van der Waals surface area contributed by atoms with E-state index in [4.69, 9.17) is 4.74 Å². The number of rotatable bonds is 1. The molecule has 64 valence electrons. The second-order valence-electron chi connectivity index (χ2n) is 3.86. The highest BCUT2D eigenvalue weighted by Crippen LogP contribution is 2.23. The SMILES string of the molecule is CC1=C(C)C[C@H](C(C)C)OC1. The first-order valence-corrected chi connectivity index (χ1v) is 4.38. The van der Waals surface area contributed by atoms with Crippen LogP contribution in [0.2, 0.25) is 0 Å². The zero-order valence-corrected chi connectivity index (χ0v) is 7.98. The van der Waals surface area contributed by atoms with Gasteiger partial charge in [0.2, 0.25) is 0 Å². The fraction of sp³-hybridized carbons (Fsp3) is 0.800. The summed E-state index contributed by atoms with van der Waals surface area (Å²) in [6, 6.07) is 0. The van der Waals surface area contributed by atoms with Crippen LogP contribution in [0.3, 0.4) is 0 Å². The number of ether oxygens (including phenoxy) is 1. The van der Waals surface area contributed by atoms with Crippen molar-refractivity contribution in [2.45, 2.75) is 40.2 Å². The predicted octanol–water partition coefficient (Wildman–Crippen LogP) is 2.77. The molecule has 1 aliphatic rings. The van der Waals surface area contributed by atoms with Crippen LogP contribution in [0.4, 0.5) is 0 Å². The van der Waals surface area contributed by atoms with E-state index in [1.807, 2.05) is 0 Å². The minimum Gasteiger partial charge on any atom is -0.373 e. The maximum atomic E-state index is 5.66. The first kappa shape index (κ1) is 8.79. The lowest BCUT2D eigenvalue weighted by Gasteiger charge is -2.27. The quantitative estimate of drug-likeness (QED) is 0.528. The lowest BCUT2D eigenvalue weighted by molar-refractivity contribution is 0.0264. The summed E-state index contributed by atoms with van der Waals surface area (Å²) in [5.41, 5.74) is 2.94. The Balaban J connectivity index is 2.57. The van der Waals surface area contributed by atoms with Crippen molar-refractivity contribution in [3.8, 4) is 0 Å². The maximum Gasteiger partial charge on any atom is 0.0680 e. The third-order valence-electron chi connectivity index (χ3n) is 2.49. The first-order chi connectivity index (χ1) is 5.11. The highest BCUT2D eigenvalue weighted by Gasteiger charge is 2.19. The molecule has 0 radical (unpaired) electrons. The second-order valence-corrected chi connectivity index (χ2v) is 3.86. The van der Waals surface area contributed by atoms with Crippen LogP contribution in [0.15, 0.2) is 11.1 Å². The molecule has 0 fully saturated rings. The van der Waals surface area contributed by atoms with Gasteiger partial charge in [-0.3, -0.25) is 0 Å². The Bertz CT molecular complexity index is 168. The van der Waals surface area contributed by atoms with Crippen molar-refractivity contribution in [2.75, 3.05) is 6.61 Å². The summed E-state index contributed by atoms with van der Waals surface area (Å²) < 4.78 is 5.66. The Morgan fingerprint density at radius 1 is 1.27 bits per heavy atom. The van der Waals surface area contributed by atoms with Crippen LogP contribution in [0, 0.1) is 5.92 Å². The van der Waals surface area contributed by atoms with E-state index in [2.05, 4.69) is 27.7 Å². The Kier molecular flexibility index (Phi) is 2.72. The van der Waals surface area contributed by atoms with Crippen LogP contribution in [0.1, 0.15) is 34.1 Å². The van der Waals surface area contributed by atoms with Crippen LogP contribution >= 0.6 is 0 Å². The fourth-order valence-corrected chi connectivity index (χ4v) is 1.32.